The maximum atomic E-state index is 12.1. The molecule has 0 N–H and O–H groups in total. The van der Waals surface area contributed by atoms with E-state index in [0.29, 0.717) is 11.8 Å². The molecule has 2 aliphatic heterocycles. The molecule has 0 amide bonds. The summed E-state index contributed by atoms with van der Waals surface area (Å²) in [4.78, 5) is 14.9. The molecule has 5 rings (SSSR count). The SMILES string of the molecule is O=c1cccc2n1C[C@H]1C[C@H]2CN([C@H]2C[C@H]3CC[C@H]2C3)C1. The summed E-state index contributed by atoms with van der Waals surface area (Å²) in [5, 5.41) is 0. The van der Waals surface area contributed by atoms with Crippen molar-refractivity contribution in [1.29, 1.82) is 0 Å². The van der Waals surface area contributed by atoms with Gasteiger partial charge in [0.1, 0.15) is 0 Å². The van der Waals surface area contributed by atoms with Crippen molar-refractivity contribution in [3.05, 3.63) is 34.2 Å². The third-order valence-corrected chi connectivity index (χ3v) is 6.68. The van der Waals surface area contributed by atoms with Crippen LogP contribution in [0.3, 0.4) is 0 Å². The Bertz CT molecular complexity index is 622. The fraction of sp³-hybridized carbons (Fsp3) is 0.722. The van der Waals surface area contributed by atoms with Crippen LogP contribution < -0.4 is 5.56 Å². The van der Waals surface area contributed by atoms with Gasteiger partial charge in [-0.2, -0.15) is 0 Å². The van der Waals surface area contributed by atoms with Crippen LogP contribution in [0.1, 0.15) is 43.7 Å². The van der Waals surface area contributed by atoms with Crippen LogP contribution >= 0.6 is 0 Å². The van der Waals surface area contributed by atoms with Crippen LogP contribution in [0.25, 0.3) is 0 Å². The van der Waals surface area contributed by atoms with Crippen molar-refractivity contribution in [3.8, 4) is 0 Å². The van der Waals surface area contributed by atoms with Crippen LogP contribution in [-0.2, 0) is 6.54 Å². The molecule has 4 bridgehead atoms. The van der Waals surface area contributed by atoms with E-state index >= 15 is 0 Å². The van der Waals surface area contributed by atoms with E-state index < -0.39 is 0 Å². The van der Waals surface area contributed by atoms with Crippen LogP contribution in [-0.4, -0.2) is 28.6 Å². The van der Waals surface area contributed by atoms with Gasteiger partial charge < -0.3 is 4.57 Å². The van der Waals surface area contributed by atoms with Gasteiger partial charge in [0.05, 0.1) is 0 Å². The molecule has 0 spiro atoms. The van der Waals surface area contributed by atoms with Crippen LogP contribution in [0.5, 0.6) is 0 Å². The number of hydrogen-bond donors (Lipinski definition) is 0. The molecule has 0 aromatic carbocycles. The largest absolute Gasteiger partial charge is 0.312 e. The Labute approximate surface area is 126 Å². The summed E-state index contributed by atoms with van der Waals surface area (Å²) in [5.74, 6) is 3.28. The predicted molar refractivity (Wildman–Crippen MR) is 82.4 cm³/mol. The summed E-state index contributed by atoms with van der Waals surface area (Å²) in [5.41, 5.74) is 1.50. The van der Waals surface area contributed by atoms with Crippen molar-refractivity contribution in [2.45, 2.75) is 50.6 Å². The smallest absolute Gasteiger partial charge is 0.250 e. The number of aromatic nitrogens is 1. The molecular formula is C18H24N2O. The molecule has 0 radical (unpaired) electrons. The lowest BCUT2D eigenvalue weighted by Crippen LogP contribution is -2.51. The van der Waals surface area contributed by atoms with Crippen LogP contribution in [0.4, 0.5) is 0 Å². The summed E-state index contributed by atoms with van der Waals surface area (Å²) < 4.78 is 2.05. The number of nitrogens with zero attached hydrogens (tertiary/aromatic N) is 2. The van der Waals surface area contributed by atoms with Gasteiger partial charge >= 0.3 is 0 Å². The van der Waals surface area contributed by atoms with Gasteiger partial charge in [0, 0.05) is 43.4 Å². The first kappa shape index (κ1) is 12.5. The van der Waals surface area contributed by atoms with E-state index in [1.807, 2.05) is 6.07 Å². The van der Waals surface area contributed by atoms with Gasteiger partial charge in [-0.05, 0) is 49.5 Å². The first-order valence-corrected chi connectivity index (χ1v) is 8.71. The zero-order chi connectivity index (χ0) is 14.0. The van der Waals surface area contributed by atoms with Crippen molar-refractivity contribution in [1.82, 2.24) is 9.47 Å². The molecule has 2 saturated carbocycles. The number of rotatable bonds is 1. The van der Waals surface area contributed by atoms with Crippen LogP contribution in [0, 0.1) is 17.8 Å². The predicted octanol–water partition coefficient (Wildman–Crippen LogP) is 2.46. The first-order valence-electron chi connectivity index (χ1n) is 8.71. The third-order valence-electron chi connectivity index (χ3n) is 6.68. The first-order chi connectivity index (χ1) is 10.3. The summed E-state index contributed by atoms with van der Waals surface area (Å²) in [6.45, 7) is 3.36. The fourth-order valence-electron chi connectivity index (χ4n) is 5.86. The van der Waals surface area contributed by atoms with E-state index in [4.69, 9.17) is 0 Å². The van der Waals surface area contributed by atoms with E-state index in [0.717, 1.165) is 24.4 Å². The Hall–Kier alpha value is -1.09. The minimum atomic E-state index is 0.204. The minimum absolute atomic E-state index is 0.204. The fourth-order valence-corrected chi connectivity index (χ4v) is 5.86. The van der Waals surface area contributed by atoms with Crippen molar-refractivity contribution in [2.75, 3.05) is 13.1 Å². The lowest BCUT2D eigenvalue weighted by Gasteiger charge is -2.46. The highest BCUT2D eigenvalue weighted by Gasteiger charge is 2.45. The van der Waals surface area contributed by atoms with Gasteiger partial charge in [0.25, 0.3) is 5.56 Å². The summed E-state index contributed by atoms with van der Waals surface area (Å²) >= 11 is 0. The van der Waals surface area contributed by atoms with E-state index in [1.165, 1.54) is 50.9 Å². The van der Waals surface area contributed by atoms with Gasteiger partial charge in [-0.3, -0.25) is 9.69 Å². The second-order valence-corrected chi connectivity index (χ2v) is 7.89. The van der Waals surface area contributed by atoms with E-state index in [2.05, 4.69) is 15.5 Å². The molecular weight excluding hydrogens is 260 g/mol. The zero-order valence-electron chi connectivity index (χ0n) is 12.6. The molecule has 1 saturated heterocycles. The second-order valence-electron chi connectivity index (χ2n) is 7.89. The third kappa shape index (κ3) is 1.86. The lowest BCUT2D eigenvalue weighted by molar-refractivity contribution is 0.0570. The van der Waals surface area contributed by atoms with Crippen molar-refractivity contribution < 1.29 is 0 Å². The zero-order valence-corrected chi connectivity index (χ0v) is 12.6. The molecule has 3 heteroatoms. The highest BCUT2D eigenvalue weighted by atomic mass is 16.1. The Morgan fingerprint density at radius 1 is 0.952 bits per heavy atom. The topological polar surface area (TPSA) is 25.2 Å². The lowest BCUT2D eigenvalue weighted by atomic mass is 9.81. The Morgan fingerprint density at radius 3 is 2.71 bits per heavy atom. The average Bonchev–Trinajstić information content (AvgIpc) is 3.11. The highest BCUT2D eigenvalue weighted by Crippen LogP contribution is 2.48. The quantitative estimate of drug-likeness (QED) is 0.791. The van der Waals surface area contributed by atoms with E-state index in [-0.39, 0.29) is 5.56 Å². The Kier molecular flexibility index (Phi) is 2.64. The van der Waals surface area contributed by atoms with Crippen molar-refractivity contribution in [3.63, 3.8) is 0 Å². The second kappa shape index (κ2) is 4.45. The molecule has 2 aliphatic carbocycles. The molecule has 0 unspecified atom stereocenters. The van der Waals surface area contributed by atoms with Crippen LogP contribution in [0.15, 0.2) is 23.0 Å². The Balaban J connectivity index is 1.44. The number of likely N-dealkylation sites (tertiary alicyclic amines) is 1. The standard InChI is InChI=1S/C18H24N2O/c21-18-3-1-2-16-15-7-13(10-20(16)18)9-19(11-15)17-8-12-4-5-14(17)6-12/h1-3,12-15,17H,4-11H2/t12-,13-,14-,15-,17-/m0/s1. The van der Waals surface area contributed by atoms with Gasteiger partial charge in [-0.25, -0.2) is 0 Å². The molecule has 3 fully saturated rings. The molecule has 112 valence electrons. The van der Waals surface area contributed by atoms with E-state index in [9.17, 15) is 4.79 Å². The van der Waals surface area contributed by atoms with Gasteiger partial charge in [-0.1, -0.05) is 12.5 Å². The number of fused-ring (bicyclic) bond motifs is 6. The van der Waals surface area contributed by atoms with Crippen LogP contribution in [0.2, 0.25) is 0 Å². The number of pyridine rings is 1. The van der Waals surface area contributed by atoms with Gasteiger partial charge in [-0.15, -0.1) is 0 Å². The van der Waals surface area contributed by atoms with Gasteiger partial charge in [0.2, 0.25) is 0 Å². The molecule has 5 atom stereocenters. The average molecular weight is 284 g/mol. The molecule has 3 nitrogen and oxygen atoms in total. The highest BCUT2D eigenvalue weighted by molar-refractivity contribution is 5.17. The summed E-state index contributed by atoms with van der Waals surface area (Å²) in [6, 6.07) is 6.71. The summed E-state index contributed by atoms with van der Waals surface area (Å²) in [7, 11) is 0. The molecule has 3 heterocycles. The number of hydrogen-bond acceptors (Lipinski definition) is 2. The van der Waals surface area contributed by atoms with Crippen molar-refractivity contribution >= 4 is 0 Å². The van der Waals surface area contributed by atoms with E-state index in [1.54, 1.807) is 6.07 Å². The van der Waals surface area contributed by atoms with Gasteiger partial charge in [0.15, 0.2) is 0 Å². The molecule has 4 aliphatic rings. The maximum absolute atomic E-state index is 12.1. The maximum Gasteiger partial charge on any atom is 0.250 e. The number of piperidine rings is 1. The monoisotopic (exact) mass is 284 g/mol. The normalized spacial score (nSPS) is 41.2. The molecule has 21 heavy (non-hydrogen) atoms. The molecule has 1 aromatic heterocycles. The molecule has 1 aromatic rings. The summed E-state index contributed by atoms with van der Waals surface area (Å²) in [6.07, 6.45) is 7.19. The Morgan fingerprint density at radius 2 is 1.90 bits per heavy atom. The minimum Gasteiger partial charge on any atom is -0.312 e. The van der Waals surface area contributed by atoms with Crippen molar-refractivity contribution in [2.24, 2.45) is 17.8 Å².